The molecular formula is C14H22N2O2S. The van der Waals surface area contributed by atoms with Gasteiger partial charge in [-0.15, -0.1) is 0 Å². The summed E-state index contributed by atoms with van der Waals surface area (Å²) in [5, 5.41) is 0.931. The molecule has 0 saturated carbocycles. The molecule has 0 bridgehead atoms. The van der Waals surface area contributed by atoms with Crippen LogP contribution in [0.25, 0.3) is 0 Å². The summed E-state index contributed by atoms with van der Waals surface area (Å²) in [5.74, 6) is 0. The molecule has 1 saturated heterocycles. The molecule has 106 valence electrons. The normalized spacial score (nSPS) is 19.5. The number of ether oxygens (including phenoxy) is 1. The number of morpholine rings is 1. The number of thiazole rings is 1. The first-order chi connectivity index (χ1) is 8.75. The fourth-order valence-corrected chi connectivity index (χ4v) is 3.54. The van der Waals surface area contributed by atoms with Crippen LogP contribution in [0.4, 0.5) is 5.13 Å². The highest BCUT2D eigenvalue weighted by Crippen LogP contribution is 2.36. The van der Waals surface area contributed by atoms with Crippen LogP contribution in [-0.2, 0) is 10.2 Å². The van der Waals surface area contributed by atoms with Gasteiger partial charge in [0.15, 0.2) is 11.4 Å². The summed E-state index contributed by atoms with van der Waals surface area (Å²) >= 11 is 1.49. The van der Waals surface area contributed by atoms with E-state index in [1.54, 1.807) is 0 Å². The SMILES string of the molecule is CC(C)(C)c1nc(N2CCOCC2(C)C)sc1C=O. The molecular weight excluding hydrogens is 260 g/mol. The van der Waals surface area contributed by atoms with Gasteiger partial charge in [-0.05, 0) is 13.8 Å². The average molecular weight is 282 g/mol. The number of rotatable bonds is 2. The third-order valence-electron chi connectivity index (χ3n) is 3.34. The van der Waals surface area contributed by atoms with Crippen LogP contribution in [0.3, 0.4) is 0 Å². The van der Waals surface area contributed by atoms with E-state index in [0.717, 1.165) is 28.5 Å². The Morgan fingerprint density at radius 3 is 2.58 bits per heavy atom. The zero-order valence-electron chi connectivity index (χ0n) is 12.3. The van der Waals surface area contributed by atoms with Crippen LogP contribution < -0.4 is 4.90 Å². The smallest absolute Gasteiger partial charge is 0.186 e. The van der Waals surface area contributed by atoms with Crippen molar-refractivity contribution in [2.45, 2.75) is 45.6 Å². The number of anilines is 1. The molecule has 0 aliphatic carbocycles. The van der Waals surface area contributed by atoms with E-state index in [-0.39, 0.29) is 11.0 Å². The summed E-state index contributed by atoms with van der Waals surface area (Å²) in [6.45, 7) is 12.8. The van der Waals surface area contributed by atoms with Gasteiger partial charge in [0.25, 0.3) is 0 Å². The Bertz CT molecular complexity index is 474. The van der Waals surface area contributed by atoms with E-state index in [4.69, 9.17) is 9.72 Å². The second-order valence-corrected chi connectivity index (χ2v) is 7.60. The predicted molar refractivity (Wildman–Crippen MR) is 78.4 cm³/mol. The van der Waals surface area contributed by atoms with Crippen molar-refractivity contribution >= 4 is 22.8 Å². The lowest BCUT2D eigenvalue weighted by atomic mass is 9.91. The summed E-state index contributed by atoms with van der Waals surface area (Å²) < 4.78 is 5.53. The Balaban J connectivity index is 2.41. The molecule has 1 aromatic rings. The van der Waals surface area contributed by atoms with Crippen molar-refractivity contribution in [2.24, 2.45) is 0 Å². The largest absolute Gasteiger partial charge is 0.377 e. The van der Waals surface area contributed by atoms with Crippen LogP contribution in [0.1, 0.15) is 50.0 Å². The Morgan fingerprint density at radius 2 is 2.11 bits per heavy atom. The first kappa shape index (κ1) is 14.5. The zero-order chi connectivity index (χ0) is 14.3. The van der Waals surface area contributed by atoms with Gasteiger partial charge in [0.05, 0.1) is 29.3 Å². The molecule has 1 aliphatic rings. The maximum atomic E-state index is 11.3. The van der Waals surface area contributed by atoms with Crippen molar-refractivity contribution in [3.63, 3.8) is 0 Å². The summed E-state index contributed by atoms with van der Waals surface area (Å²) in [7, 11) is 0. The number of hydrogen-bond donors (Lipinski definition) is 0. The number of aldehydes is 1. The molecule has 5 heteroatoms. The van der Waals surface area contributed by atoms with E-state index >= 15 is 0 Å². The van der Waals surface area contributed by atoms with Gasteiger partial charge in [0.1, 0.15) is 0 Å². The van der Waals surface area contributed by atoms with Crippen LogP contribution >= 0.6 is 11.3 Å². The number of nitrogens with zero attached hydrogens (tertiary/aromatic N) is 2. The molecule has 0 radical (unpaired) electrons. The third-order valence-corrected chi connectivity index (χ3v) is 4.34. The van der Waals surface area contributed by atoms with Gasteiger partial charge in [-0.2, -0.15) is 0 Å². The monoisotopic (exact) mass is 282 g/mol. The van der Waals surface area contributed by atoms with Crippen molar-refractivity contribution in [1.82, 2.24) is 4.98 Å². The fraction of sp³-hybridized carbons (Fsp3) is 0.714. The number of carbonyl (C=O) groups is 1. The van der Waals surface area contributed by atoms with Gasteiger partial charge in [-0.25, -0.2) is 4.98 Å². The predicted octanol–water partition coefficient (Wildman–Crippen LogP) is 2.87. The van der Waals surface area contributed by atoms with E-state index in [1.165, 1.54) is 11.3 Å². The Morgan fingerprint density at radius 1 is 1.42 bits per heavy atom. The van der Waals surface area contributed by atoms with Gasteiger partial charge in [0, 0.05) is 12.0 Å². The lowest BCUT2D eigenvalue weighted by molar-refractivity contribution is 0.0643. The Kier molecular flexibility index (Phi) is 3.71. The third kappa shape index (κ3) is 2.82. The first-order valence-corrected chi connectivity index (χ1v) is 7.39. The molecule has 19 heavy (non-hydrogen) atoms. The Labute approximate surface area is 118 Å². The van der Waals surface area contributed by atoms with Crippen LogP contribution in [0.2, 0.25) is 0 Å². The molecule has 0 aromatic carbocycles. The number of carbonyl (C=O) groups excluding carboxylic acids is 1. The molecule has 2 rings (SSSR count). The number of aromatic nitrogens is 1. The topological polar surface area (TPSA) is 42.4 Å². The van der Waals surface area contributed by atoms with Crippen molar-refractivity contribution in [3.05, 3.63) is 10.6 Å². The minimum Gasteiger partial charge on any atom is -0.377 e. The van der Waals surface area contributed by atoms with E-state index in [1.807, 2.05) is 0 Å². The van der Waals surface area contributed by atoms with E-state index < -0.39 is 0 Å². The molecule has 1 aromatic heterocycles. The molecule has 1 fully saturated rings. The molecule has 4 nitrogen and oxygen atoms in total. The van der Waals surface area contributed by atoms with Gasteiger partial charge in [-0.3, -0.25) is 4.79 Å². The molecule has 0 atom stereocenters. The van der Waals surface area contributed by atoms with Gasteiger partial charge in [-0.1, -0.05) is 32.1 Å². The minimum absolute atomic E-state index is 0.0780. The summed E-state index contributed by atoms with van der Waals surface area (Å²) in [6, 6.07) is 0. The van der Waals surface area contributed by atoms with Crippen molar-refractivity contribution < 1.29 is 9.53 Å². The van der Waals surface area contributed by atoms with Gasteiger partial charge < -0.3 is 9.64 Å². The maximum absolute atomic E-state index is 11.3. The minimum atomic E-state index is -0.110. The van der Waals surface area contributed by atoms with Gasteiger partial charge in [0.2, 0.25) is 0 Å². The first-order valence-electron chi connectivity index (χ1n) is 6.57. The van der Waals surface area contributed by atoms with Crippen molar-refractivity contribution in [3.8, 4) is 0 Å². The molecule has 0 unspecified atom stereocenters. The molecule has 0 spiro atoms. The standard InChI is InChI=1S/C14H22N2O2S/c1-13(2,3)11-10(8-17)19-12(15-11)16-6-7-18-9-14(16,4)5/h8H,6-7,9H2,1-5H3. The average Bonchev–Trinajstić information content (AvgIpc) is 2.71. The summed E-state index contributed by atoms with van der Waals surface area (Å²) in [4.78, 5) is 19.0. The van der Waals surface area contributed by atoms with Crippen LogP contribution in [0, 0.1) is 0 Å². The van der Waals surface area contributed by atoms with Crippen molar-refractivity contribution in [1.29, 1.82) is 0 Å². The zero-order valence-corrected chi connectivity index (χ0v) is 13.1. The molecule has 0 N–H and O–H groups in total. The second-order valence-electron chi connectivity index (χ2n) is 6.59. The highest BCUT2D eigenvalue weighted by molar-refractivity contribution is 7.17. The van der Waals surface area contributed by atoms with E-state index in [9.17, 15) is 4.79 Å². The maximum Gasteiger partial charge on any atom is 0.186 e. The second kappa shape index (κ2) is 4.87. The Hall–Kier alpha value is -0.940. The van der Waals surface area contributed by atoms with Crippen LogP contribution in [0.15, 0.2) is 0 Å². The molecule has 2 heterocycles. The highest BCUT2D eigenvalue weighted by Gasteiger charge is 2.34. The molecule has 1 aliphatic heterocycles. The van der Waals surface area contributed by atoms with Crippen LogP contribution in [-0.4, -0.2) is 36.6 Å². The summed E-state index contributed by atoms with van der Waals surface area (Å²) in [6.07, 6.45) is 0.926. The lowest BCUT2D eigenvalue weighted by Gasteiger charge is -2.42. The fourth-order valence-electron chi connectivity index (χ4n) is 2.27. The highest BCUT2D eigenvalue weighted by atomic mass is 32.1. The van der Waals surface area contributed by atoms with E-state index in [0.29, 0.717) is 13.2 Å². The van der Waals surface area contributed by atoms with E-state index in [2.05, 4.69) is 39.5 Å². The number of hydrogen-bond acceptors (Lipinski definition) is 5. The van der Waals surface area contributed by atoms with Gasteiger partial charge >= 0.3 is 0 Å². The van der Waals surface area contributed by atoms with Crippen LogP contribution in [0.5, 0.6) is 0 Å². The molecule has 0 amide bonds. The quantitative estimate of drug-likeness (QED) is 0.782. The summed E-state index contributed by atoms with van der Waals surface area (Å²) in [5.41, 5.74) is 0.706. The lowest BCUT2D eigenvalue weighted by Crippen LogP contribution is -2.53. The van der Waals surface area contributed by atoms with Crippen molar-refractivity contribution in [2.75, 3.05) is 24.7 Å².